The molecule has 0 aromatic carbocycles. The van der Waals surface area contributed by atoms with Gasteiger partial charge >= 0.3 is 0 Å². The van der Waals surface area contributed by atoms with Crippen LogP contribution in [0.4, 0.5) is 0 Å². The molecule has 38 valence electrons. The van der Waals surface area contributed by atoms with Crippen molar-refractivity contribution in [3.63, 3.8) is 0 Å². The molecule has 0 aromatic heterocycles. The van der Waals surface area contributed by atoms with E-state index in [9.17, 15) is 4.79 Å². The normalized spacial score (nSPS) is 20.6. The molecule has 0 N–H and O–H groups in total. The van der Waals surface area contributed by atoms with E-state index in [0.717, 1.165) is 19.1 Å². The van der Waals surface area contributed by atoms with E-state index in [2.05, 4.69) is 12.2 Å². The summed E-state index contributed by atoms with van der Waals surface area (Å²) in [4.78, 5) is 9.97. The van der Waals surface area contributed by atoms with E-state index in [4.69, 9.17) is 0 Å². The van der Waals surface area contributed by atoms with Crippen LogP contribution in [0.2, 0.25) is 0 Å². The Morgan fingerprint density at radius 3 is 2.29 bits per heavy atom. The minimum Gasteiger partial charge on any atom is -0.303 e. The quantitative estimate of drug-likeness (QED) is 0.353. The predicted molar refractivity (Wildman–Crippen MR) is 27.9 cm³/mol. The highest BCUT2D eigenvalue weighted by Crippen LogP contribution is 2.13. The molecule has 1 aliphatic rings. The maximum atomic E-state index is 9.97. The van der Waals surface area contributed by atoms with Gasteiger partial charge in [-0.2, -0.15) is 0 Å². The molecule has 7 heavy (non-hydrogen) atoms. The van der Waals surface area contributed by atoms with Gasteiger partial charge in [0.1, 0.15) is 6.29 Å². The highest BCUT2D eigenvalue weighted by molar-refractivity contribution is 5.55. The average molecular weight is 96.1 g/mol. The fourth-order valence-electron chi connectivity index (χ4n) is 0.749. The molecule has 0 atom stereocenters. The maximum absolute atomic E-state index is 9.97. The summed E-state index contributed by atoms with van der Waals surface area (Å²) in [5.41, 5.74) is 0. The summed E-state index contributed by atoms with van der Waals surface area (Å²) in [6.07, 6.45) is 7.06. The molecule has 0 heterocycles. The molecular formula is C6H8O. The smallest absolute Gasteiger partial charge is 0.123 e. The second-order valence-corrected chi connectivity index (χ2v) is 1.84. The molecule has 0 aromatic rings. The van der Waals surface area contributed by atoms with Crippen molar-refractivity contribution in [2.75, 3.05) is 0 Å². The van der Waals surface area contributed by atoms with Crippen LogP contribution in [0.1, 0.15) is 12.8 Å². The second-order valence-electron chi connectivity index (χ2n) is 1.84. The van der Waals surface area contributed by atoms with Gasteiger partial charge in [-0.1, -0.05) is 12.2 Å². The lowest BCUT2D eigenvalue weighted by Gasteiger charge is -1.91. The zero-order chi connectivity index (χ0) is 5.11. The van der Waals surface area contributed by atoms with Gasteiger partial charge in [0.05, 0.1) is 0 Å². The summed E-state index contributed by atoms with van der Waals surface area (Å²) in [6.45, 7) is 0. The molecule has 0 fully saturated rings. The molecular weight excluding hydrogens is 88.1 g/mol. The first kappa shape index (κ1) is 4.57. The first-order valence-electron chi connectivity index (χ1n) is 2.54. The van der Waals surface area contributed by atoms with Gasteiger partial charge in [0.25, 0.3) is 0 Å². The summed E-state index contributed by atoms with van der Waals surface area (Å²) in [7, 11) is 0. The minimum absolute atomic E-state index is 0.306. The van der Waals surface area contributed by atoms with Crippen molar-refractivity contribution in [3.8, 4) is 0 Å². The molecule has 0 radical (unpaired) electrons. The highest BCUT2D eigenvalue weighted by atomic mass is 16.1. The van der Waals surface area contributed by atoms with E-state index in [0.29, 0.717) is 5.92 Å². The Bertz CT molecular complexity index is 86.4. The van der Waals surface area contributed by atoms with Gasteiger partial charge in [-0.3, -0.25) is 0 Å². The van der Waals surface area contributed by atoms with Crippen LogP contribution in [0.25, 0.3) is 0 Å². The van der Waals surface area contributed by atoms with Crippen molar-refractivity contribution < 1.29 is 4.79 Å². The van der Waals surface area contributed by atoms with Crippen LogP contribution in [0, 0.1) is 5.92 Å². The van der Waals surface area contributed by atoms with Gasteiger partial charge in [-0.15, -0.1) is 0 Å². The van der Waals surface area contributed by atoms with Crippen molar-refractivity contribution in [2.24, 2.45) is 5.92 Å². The molecule has 1 heteroatoms. The molecule has 1 aliphatic carbocycles. The zero-order valence-corrected chi connectivity index (χ0v) is 4.13. The molecule has 0 saturated carbocycles. The summed E-state index contributed by atoms with van der Waals surface area (Å²) in [5, 5.41) is 0. The Morgan fingerprint density at radius 2 is 2.00 bits per heavy atom. The Kier molecular flexibility index (Phi) is 1.25. The van der Waals surface area contributed by atoms with E-state index in [1.54, 1.807) is 0 Å². The zero-order valence-electron chi connectivity index (χ0n) is 4.13. The molecule has 0 spiro atoms. The molecule has 1 rings (SSSR count). The van der Waals surface area contributed by atoms with Crippen molar-refractivity contribution in [1.29, 1.82) is 0 Å². The molecule has 0 bridgehead atoms. The van der Waals surface area contributed by atoms with Gasteiger partial charge in [-0.05, 0) is 12.8 Å². The lowest BCUT2D eigenvalue weighted by molar-refractivity contribution is -0.110. The maximum Gasteiger partial charge on any atom is 0.123 e. The predicted octanol–water partition coefficient (Wildman–Crippen LogP) is 1.15. The molecule has 0 unspecified atom stereocenters. The standard InChI is InChI=1S/C6H8O/c7-5-6-3-1-2-4-6/h1-2,5-6H,3-4H2. The minimum atomic E-state index is 0.306. The summed E-state index contributed by atoms with van der Waals surface area (Å²) in [6, 6.07) is 0. The van der Waals surface area contributed by atoms with E-state index in [1.807, 2.05) is 0 Å². The summed E-state index contributed by atoms with van der Waals surface area (Å²) in [5.74, 6) is 0.306. The van der Waals surface area contributed by atoms with Crippen molar-refractivity contribution in [1.82, 2.24) is 0 Å². The van der Waals surface area contributed by atoms with E-state index < -0.39 is 0 Å². The summed E-state index contributed by atoms with van der Waals surface area (Å²) >= 11 is 0. The SMILES string of the molecule is O=CC1CC=CC1. The first-order valence-corrected chi connectivity index (χ1v) is 2.54. The lowest BCUT2D eigenvalue weighted by atomic mass is 10.1. The van der Waals surface area contributed by atoms with Crippen LogP contribution < -0.4 is 0 Å². The fraction of sp³-hybridized carbons (Fsp3) is 0.500. The molecule has 0 saturated heterocycles. The van der Waals surface area contributed by atoms with E-state index >= 15 is 0 Å². The van der Waals surface area contributed by atoms with Gasteiger partial charge < -0.3 is 4.79 Å². The number of rotatable bonds is 1. The number of hydrogen-bond acceptors (Lipinski definition) is 1. The Labute approximate surface area is 43.0 Å². The third kappa shape index (κ3) is 0.889. The Hall–Kier alpha value is -0.590. The molecule has 0 aliphatic heterocycles. The average Bonchev–Trinajstić information content (AvgIpc) is 2.14. The number of aldehydes is 1. The number of hydrogen-bond donors (Lipinski definition) is 0. The lowest BCUT2D eigenvalue weighted by Crippen LogP contribution is -1.91. The van der Waals surface area contributed by atoms with Crippen LogP contribution in [-0.2, 0) is 4.79 Å². The van der Waals surface area contributed by atoms with Gasteiger partial charge in [0.15, 0.2) is 0 Å². The van der Waals surface area contributed by atoms with Gasteiger partial charge in [-0.25, -0.2) is 0 Å². The van der Waals surface area contributed by atoms with Crippen LogP contribution in [0.5, 0.6) is 0 Å². The number of carbonyl (C=O) groups excluding carboxylic acids is 1. The van der Waals surface area contributed by atoms with Crippen molar-refractivity contribution >= 4 is 6.29 Å². The van der Waals surface area contributed by atoms with Crippen molar-refractivity contribution in [2.45, 2.75) is 12.8 Å². The molecule has 0 amide bonds. The monoisotopic (exact) mass is 96.1 g/mol. The fourth-order valence-corrected chi connectivity index (χ4v) is 0.749. The number of allylic oxidation sites excluding steroid dienone is 2. The first-order chi connectivity index (χ1) is 3.43. The van der Waals surface area contributed by atoms with E-state index in [1.165, 1.54) is 0 Å². The highest BCUT2D eigenvalue weighted by Gasteiger charge is 2.06. The van der Waals surface area contributed by atoms with Crippen LogP contribution in [0.3, 0.4) is 0 Å². The van der Waals surface area contributed by atoms with Crippen LogP contribution >= 0.6 is 0 Å². The largest absolute Gasteiger partial charge is 0.303 e. The van der Waals surface area contributed by atoms with Crippen LogP contribution in [-0.4, -0.2) is 6.29 Å². The van der Waals surface area contributed by atoms with E-state index in [-0.39, 0.29) is 0 Å². The number of carbonyl (C=O) groups is 1. The topological polar surface area (TPSA) is 17.1 Å². The molecule has 1 nitrogen and oxygen atoms in total. The van der Waals surface area contributed by atoms with Crippen LogP contribution in [0.15, 0.2) is 12.2 Å². The van der Waals surface area contributed by atoms with Gasteiger partial charge in [0.2, 0.25) is 0 Å². The second kappa shape index (κ2) is 1.92. The Morgan fingerprint density at radius 1 is 1.43 bits per heavy atom. The van der Waals surface area contributed by atoms with Crippen molar-refractivity contribution in [3.05, 3.63) is 12.2 Å². The third-order valence-electron chi connectivity index (χ3n) is 1.24. The summed E-state index contributed by atoms with van der Waals surface area (Å²) < 4.78 is 0. The Balaban J connectivity index is 2.35. The third-order valence-corrected chi connectivity index (χ3v) is 1.24. The van der Waals surface area contributed by atoms with Gasteiger partial charge in [0, 0.05) is 5.92 Å².